The van der Waals surface area contributed by atoms with Gasteiger partial charge in [0.15, 0.2) is 0 Å². The fraction of sp³-hybridized carbons (Fsp3) is 0.133. The van der Waals surface area contributed by atoms with Crippen molar-refractivity contribution in [3.63, 3.8) is 0 Å². The van der Waals surface area contributed by atoms with Crippen LogP contribution in [-0.4, -0.2) is 5.84 Å². The lowest BCUT2D eigenvalue weighted by atomic mass is 10.1. The predicted octanol–water partition coefficient (Wildman–Crippen LogP) is 3.76. The average Bonchev–Trinajstić information content (AvgIpc) is 2.36. The third-order valence-electron chi connectivity index (χ3n) is 2.89. The molecule has 2 aromatic rings. The number of hydrogen-bond acceptors (Lipinski definition) is 1. The van der Waals surface area contributed by atoms with E-state index < -0.39 is 0 Å². The molecule has 94 valence electrons. The maximum atomic E-state index is 6.00. The number of aryl methyl sites for hydroxylation is 1. The van der Waals surface area contributed by atoms with Crippen LogP contribution in [0.4, 0.5) is 5.69 Å². The molecule has 0 aliphatic rings. The van der Waals surface area contributed by atoms with Gasteiger partial charge < -0.3 is 5.73 Å². The molecule has 18 heavy (non-hydrogen) atoms. The van der Waals surface area contributed by atoms with Crippen molar-refractivity contribution >= 4 is 23.9 Å². The molecule has 2 nitrogen and oxygen atoms in total. The first-order valence-corrected chi connectivity index (χ1v) is 5.64. The molecule has 0 aliphatic heterocycles. The molecule has 0 radical (unpaired) electrons. The van der Waals surface area contributed by atoms with Crippen LogP contribution in [0.2, 0.25) is 0 Å². The van der Waals surface area contributed by atoms with E-state index >= 15 is 0 Å². The minimum absolute atomic E-state index is 0. The van der Waals surface area contributed by atoms with Gasteiger partial charge in [-0.2, -0.15) is 0 Å². The van der Waals surface area contributed by atoms with E-state index in [9.17, 15) is 0 Å². The predicted molar refractivity (Wildman–Crippen MR) is 80.0 cm³/mol. The molecule has 0 heterocycles. The highest BCUT2D eigenvalue weighted by Crippen LogP contribution is 2.21. The Morgan fingerprint density at radius 2 is 1.61 bits per heavy atom. The Morgan fingerprint density at radius 1 is 0.944 bits per heavy atom. The first-order valence-electron chi connectivity index (χ1n) is 5.64. The Balaban J connectivity index is 0.00000162. The van der Waals surface area contributed by atoms with Crippen LogP contribution in [0.5, 0.6) is 0 Å². The van der Waals surface area contributed by atoms with Crippen LogP contribution in [0, 0.1) is 13.8 Å². The van der Waals surface area contributed by atoms with Crippen molar-refractivity contribution in [1.82, 2.24) is 0 Å². The van der Waals surface area contributed by atoms with Gasteiger partial charge in [-0.1, -0.05) is 42.5 Å². The summed E-state index contributed by atoms with van der Waals surface area (Å²) < 4.78 is 0. The second-order valence-electron chi connectivity index (χ2n) is 4.08. The third kappa shape index (κ3) is 3.11. The zero-order valence-corrected chi connectivity index (χ0v) is 11.4. The van der Waals surface area contributed by atoms with E-state index in [0.717, 1.165) is 11.3 Å². The summed E-state index contributed by atoms with van der Waals surface area (Å²) in [5, 5.41) is 0. The maximum absolute atomic E-state index is 6.00. The third-order valence-corrected chi connectivity index (χ3v) is 2.89. The van der Waals surface area contributed by atoms with E-state index in [1.54, 1.807) is 0 Å². The summed E-state index contributed by atoms with van der Waals surface area (Å²) in [4.78, 5) is 4.48. The zero-order chi connectivity index (χ0) is 12.3. The van der Waals surface area contributed by atoms with Crippen molar-refractivity contribution in [1.29, 1.82) is 0 Å². The molecule has 0 unspecified atom stereocenters. The van der Waals surface area contributed by atoms with Crippen LogP contribution in [0.15, 0.2) is 53.5 Å². The van der Waals surface area contributed by atoms with Crippen LogP contribution in [-0.2, 0) is 0 Å². The van der Waals surface area contributed by atoms with E-state index in [-0.39, 0.29) is 12.4 Å². The highest BCUT2D eigenvalue weighted by molar-refractivity contribution is 5.99. The normalized spacial score (nSPS) is 10.9. The van der Waals surface area contributed by atoms with Gasteiger partial charge in [-0.05, 0) is 31.0 Å². The molecular formula is C15H17ClN2. The van der Waals surface area contributed by atoms with Crippen LogP contribution in [0.3, 0.4) is 0 Å². The molecule has 0 saturated carbocycles. The van der Waals surface area contributed by atoms with E-state index in [2.05, 4.69) is 24.9 Å². The fourth-order valence-corrected chi connectivity index (χ4v) is 1.66. The topological polar surface area (TPSA) is 38.4 Å². The number of hydrogen-bond donors (Lipinski definition) is 1. The number of amidine groups is 1. The molecule has 2 N–H and O–H groups in total. The van der Waals surface area contributed by atoms with E-state index in [1.165, 1.54) is 11.1 Å². The Hall–Kier alpha value is -1.80. The van der Waals surface area contributed by atoms with Gasteiger partial charge in [0.25, 0.3) is 0 Å². The molecule has 0 bridgehead atoms. The minimum atomic E-state index is 0. The number of nitrogens with two attached hydrogens (primary N) is 1. The van der Waals surface area contributed by atoms with Crippen molar-refractivity contribution < 1.29 is 0 Å². The van der Waals surface area contributed by atoms with Gasteiger partial charge in [-0.25, -0.2) is 4.99 Å². The van der Waals surface area contributed by atoms with Crippen molar-refractivity contribution in [2.75, 3.05) is 0 Å². The first kappa shape index (κ1) is 14.3. The molecule has 0 aliphatic carbocycles. The average molecular weight is 261 g/mol. The van der Waals surface area contributed by atoms with Gasteiger partial charge >= 0.3 is 0 Å². The number of nitrogens with zero attached hydrogens (tertiary/aromatic N) is 1. The summed E-state index contributed by atoms with van der Waals surface area (Å²) in [6.07, 6.45) is 0. The van der Waals surface area contributed by atoms with Gasteiger partial charge in [0.2, 0.25) is 0 Å². The molecule has 0 saturated heterocycles. The summed E-state index contributed by atoms with van der Waals surface area (Å²) in [5.41, 5.74) is 10.3. The summed E-state index contributed by atoms with van der Waals surface area (Å²) in [7, 11) is 0. The highest BCUT2D eigenvalue weighted by atomic mass is 35.5. The van der Waals surface area contributed by atoms with Gasteiger partial charge in [-0.15, -0.1) is 12.4 Å². The van der Waals surface area contributed by atoms with Gasteiger partial charge in [0, 0.05) is 5.56 Å². The number of aliphatic imine (C=N–C) groups is 1. The molecular weight excluding hydrogens is 244 g/mol. The molecule has 0 aromatic heterocycles. The second-order valence-corrected chi connectivity index (χ2v) is 4.08. The molecule has 0 atom stereocenters. The van der Waals surface area contributed by atoms with Crippen molar-refractivity contribution in [2.45, 2.75) is 13.8 Å². The summed E-state index contributed by atoms with van der Waals surface area (Å²) in [6, 6.07) is 15.9. The lowest BCUT2D eigenvalue weighted by Crippen LogP contribution is -2.12. The molecule has 0 spiro atoms. The van der Waals surface area contributed by atoms with Crippen molar-refractivity contribution in [3.8, 4) is 0 Å². The van der Waals surface area contributed by atoms with Crippen molar-refractivity contribution in [2.24, 2.45) is 10.7 Å². The summed E-state index contributed by atoms with van der Waals surface area (Å²) in [5.74, 6) is 0.555. The van der Waals surface area contributed by atoms with Crippen LogP contribution >= 0.6 is 12.4 Å². The van der Waals surface area contributed by atoms with Gasteiger partial charge in [0.05, 0.1) is 5.69 Å². The van der Waals surface area contributed by atoms with Crippen LogP contribution in [0.25, 0.3) is 0 Å². The molecule has 0 amide bonds. The zero-order valence-electron chi connectivity index (χ0n) is 10.6. The highest BCUT2D eigenvalue weighted by Gasteiger charge is 2.01. The first-order chi connectivity index (χ1) is 8.18. The second kappa shape index (κ2) is 6.22. The minimum Gasteiger partial charge on any atom is -0.383 e. The molecule has 2 rings (SSSR count). The summed E-state index contributed by atoms with van der Waals surface area (Å²) in [6.45, 7) is 4.14. The Labute approximate surface area is 114 Å². The van der Waals surface area contributed by atoms with Gasteiger partial charge in [0.1, 0.15) is 5.84 Å². The van der Waals surface area contributed by atoms with E-state index in [0.29, 0.717) is 5.84 Å². The number of benzene rings is 2. The Kier molecular flexibility index (Phi) is 4.93. The molecule has 0 fully saturated rings. The Bertz CT molecular complexity index is 548. The van der Waals surface area contributed by atoms with E-state index in [1.807, 2.05) is 42.5 Å². The lowest BCUT2D eigenvalue weighted by Gasteiger charge is -2.05. The molecule has 3 heteroatoms. The standard InChI is InChI=1S/C15H16N2.ClH/c1-11-7-6-10-14(12(11)2)17-15(16)13-8-4-3-5-9-13;/h3-10H,1-2H3,(H2,16,17);1H. The largest absolute Gasteiger partial charge is 0.383 e. The lowest BCUT2D eigenvalue weighted by molar-refractivity contribution is 1.30. The fourth-order valence-electron chi connectivity index (χ4n) is 1.66. The quantitative estimate of drug-likeness (QED) is 0.648. The SMILES string of the molecule is Cc1cccc(N=C(N)c2ccccc2)c1C.Cl. The van der Waals surface area contributed by atoms with E-state index in [4.69, 9.17) is 5.73 Å². The maximum Gasteiger partial charge on any atom is 0.131 e. The smallest absolute Gasteiger partial charge is 0.131 e. The monoisotopic (exact) mass is 260 g/mol. The Morgan fingerprint density at radius 3 is 2.28 bits per heavy atom. The van der Waals surface area contributed by atoms with Gasteiger partial charge in [-0.3, -0.25) is 0 Å². The number of halogens is 1. The van der Waals surface area contributed by atoms with Crippen molar-refractivity contribution in [3.05, 3.63) is 65.2 Å². The number of rotatable bonds is 2. The summed E-state index contributed by atoms with van der Waals surface area (Å²) >= 11 is 0. The van der Waals surface area contributed by atoms with Crippen LogP contribution in [0.1, 0.15) is 16.7 Å². The van der Waals surface area contributed by atoms with Crippen LogP contribution < -0.4 is 5.73 Å². The molecule has 2 aromatic carbocycles.